The van der Waals surface area contributed by atoms with Gasteiger partial charge in [0, 0.05) is 4.70 Å². The molecule has 0 bridgehead atoms. The fraction of sp³-hybridized carbons (Fsp3) is 0.467. The number of rotatable bonds is 1. The molecule has 86 valence electrons. The van der Waals surface area contributed by atoms with Gasteiger partial charge in [0.1, 0.15) is 0 Å². The first-order valence-electron chi connectivity index (χ1n) is 6.24. The van der Waals surface area contributed by atoms with Crippen molar-refractivity contribution < 1.29 is 0 Å². The molecule has 1 aliphatic carbocycles. The van der Waals surface area contributed by atoms with E-state index in [2.05, 4.69) is 43.5 Å². The highest BCUT2D eigenvalue weighted by Crippen LogP contribution is 2.25. The molecule has 0 amide bonds. The quantitative estimate of drug-likeness (QED) is 0.601. The number of hydrogen-bond acceptors (Lipinski definition) is 1. The summed E-state index contributed by atoms with van der Waals surface area (Å²) in [6.45, 7) is 4.46. The molecule has 1 fully saturated rings. The Balaban J connectivity index is 0.000000203. The van der Waals surface area contributed by atoms with E-state index in [-0.39, 0.29) is 0 Å². The lowest BCUT2D eigenvalue weighted by Crippen LogP contribution is -1.85. The van der Waals surface area contributed by atoms with Crippen LogP contribution >= 0.6 is 11.3 Å². The van der Waals surface area contributed by atoms with E-state index in [0.717, 1.165) is 0 Å². The first-order chi connectivity index (χ1) is 7.77. The maximum atomic E-state index is 2.30. The van der Waals surface area contributed by atoms with E-state index in [1.807, 2.05) is 11.3 Å². The van der Waals surface area contributed by atoms with Crippen LogP contribution in [-0.2, 0) is 0 Å². The van der Waals surface area contributed by atoms with Gasteiger partial charge in [-0.3, -0.25) is 0 Å². The Morgan fingerprint density at radius 2 is 1.69 bits per heavy atom. The second-order valence-electron chi connectivity index (χ2n) is 4.79. The molecule has 3 rings (SSSR count). The van der Waals surface area contributed by atoms with Gasteiger partial charge in [0.05, 0.1) is 0 Å². The maximum Gasteiger partial charge on any atom is 0.0345 e. The molecule has 0 atom stereocenters. The SMILES string of the molecule is C1CCC1.CC(C)c1ccc2ccsc2c1. The van der Waals surface area contributed by atoms with Crippen molar-refractivity contribution in [2.24, 2.45) is 0 Å². The Morgan fingerprint density at radius 3 is 2.25 bits per heavy atom. The van der Waals surface area contributed by atoms with Crippen molar-refractivity contribution in [2.75, 3.05) is 0 Å². The largest absolute Gasteiger partial charge is 0.144 e. The lowest BCUT2D eigenvalue weighted by Gasteiger charge is -2.05. The zero-order valence-corrected chi connectivity index (χ0v) is 11.0. The van der Waals surface area contributed by atoms with Crippen LogP contribution in [0, 0.1) is 0 Å². The van der Waals surface area contributed by atoms with Crippen LogP contribution in [0.5, 0.6) is 0 Å². The van der Waals surface area contributed by atoms with Gasteiger partial charge >= 0.3 is 0 Å². The first kappa shape index (κ1) is 11.7. The van der Waals surface area contributed by atoms with Gasteiger partial charge in [-0.1, -0.05) is 51.7 Å². The van der Waals surface area contributed by atoms with E-state index in [1.165, 1.54) is 41.3 Å². The Kier molecular flexibility index (Phi) is 4.00. The Bertz CT molecular complexity index is 431. The van der Waals surface area contributed by atoms with Crippen LogP contribution in [0.1, 0.15) is 51.0 Å². The van der Waals surface area contributed by atoms with Crippen LogP contribution < -0.4 is 0 Å². The topological polar surface area (TPSA) is 0 Å². The molecule has 0 saturated heterocycles. The van der Waals surface area contributed by atoms with Crippen LogP contribution in [0.3, 0.4) is 0 Å². The average Bonchev–Trinajstić information content (AvgIpc) is 2.60. The van der Waals surface area contributed by atoms with Crippen molar-refractivity contribution in [3.63, 3.8) is 0 Å². The van der Waals surface area contributed by atoms with Gasteiger partial charge < -0.3 is 0 Å². The van der Waals surface area contributed by atoms with Crippen LogP contribution in [0.25, 0.3) is 10.1 Å². The summed E-state index contributed by atoms with van der Waals surface area (Å²) in [5.41, 5.74) is 1.44. The summed E-state index contributed by atoms with van der Waals surface area (Å²) in [6, 6.07) is 8.90. The fourth-order valence-corrected chi connectivity index (χ4v) is 2.42. The van der Waals surface area contributed by atoms with Crippen molar-refractivity contribution in [3.05, 3.63) is 35.2 Å². The van der Waals surface area contributed by atoms with E-state index in [0.29, 0.717) is 5.92 Å². The van der Waals surface area contributed by atoms with Crippen molar-refractivity contribution in [3.8, 4) is 0 Å². The minimum Gasteiger partial charge on any atom is -0.144 e. The summed E-state index contributed by atoms with van der Waals surface area (Å²) < 4.78 is 1.40. The summed E-state index contributed by atoms with van der Waals surface area (Å²) in [4.78, 5) is 0. The van der Waals surface area contributed by atoms with Gasteiger partial charge in [-0.25, -0.2) is 0 Å². The van der Waals surface area contributed by atoms with E-state index in [4.69, 9.17) is 0 Å². The molecule has 1 saturated carbocycles. The summed E-state index contributed by atoms with van der Waals surface area (Å²) in [6.07, 6.45) is 6.00. The summed E-state index contributed by atoms with van der Waals surface area (Å²) in [5.74, 6) is 0.636. The Morgan fingerprint density at radius 1 is 1.00 bits per heavy atom. The smallest absolute Gasteiger partial charge is 0.0345 e. The second-order valence-corrected chi connectivity index (χ2v) is 5.73. The van der Waals surface area contributed by atoms with Crippen LogP contribution in [-0.4, -0.2) is 0 Å². The first-order valence-corrected chi connectivity index (χ1v) is 7.12. The van der Waals surface area contributed by atoms with Crippen LogP contribution in [0.15, 0.2) is 29.6 Å². The second kappa shape index (κ2) is 5.49. The van der Waals surface area contributed by atoms with Gasteiger partial charge in [-0.2, -0.15) is 0 Å². The third-order valence-electron chi connectivity index (χ3n) is 3.15. The predicted octanol–water partition coefficient (Wildman–Crippen LogP) is 5.59. The normalized spacial score (nSPS) is 14.4. The van der Waals surface area contributed by atoms with Gasteiger partial charge in [-0.05, 0) is 34.4 Å². The molecule has 1 aromatic heterocycles. The molecule has 0 nitrogen and oxygen atoms in total. The van der Waals surface area contributed by atoms with Gasteiger partial charge in [0.25, 0.3) is 0 Å². The summed E-state index contributed by atoms with van der Waals surface area (Å²) in [5, 5.41) is 3.51. The molecule has 1 heteroatoms. The highest BCUT2D eigenvalue weighted by molar-refractivity contribution is 7.17. The molecule has 1 aromatic carbocycles. The van der Waals surface area contributed by atoms with Gasteiger partial charge in [0.15, 0.2) is 0 Å². The molecule has 0 radical (unpaired) electrons. The summed E-state index contributed by atoms with van der Waals surface area (Å²) >= 11 is 1.82. The number of thiophene rings is 1. The van der Waals surface area contributed by atoms with E-state index >= 15 is 0 Å². The van der Waals surface area contributed by atoms with Crippen molar-refractivity contribution in [1.29, 1.82) is 0 Å². The molecule has 1 heterocycles. The monoisotopic (exact) mass is 232 g/mol. The van der Waals surface area contributed by atoms with E-state index in [1.54, 1.807) is 0 Å². The summed E-state index contributed by atoms with van der Waals surface area (Å²) in [7, 11) is 0. The zero-order chi connectivity index (χ0) is 11.4. The molecular formula is C15H20S. The van der Waals surface area contributed by atoms with Gasteiger partial charge in [0.2, 0.25) is 0 Å². The van der Waals surface area contributed by atoms with Crippen molar-refractivity contribution in [2.45, 2.75) is 45.4 Å². The van der Waals surface area contributed by atoms with Crippen LogP contribution in [0.4, 0.5) is 0 Å². The highest BCUT2D eigenvalue weighted by atomic mass is 32.1. The standard InChI is InChI=1S/C11H12S.C4H8/c1-8(2)10-4-3-9-5-6-12-11(9)7-10;1-2-4-3-1/h3-8H,1-2H3;1-4H2. The molecule has 16 heavy (non-hydrogen) atoms. The lowest BCUT2D eigenvalue weighted by molar-refractivity contribution is 0.504. The predicted molar refractivity (Wildman–Crippen MR) is 74.4 cm³/mol. The number of hydrogen-bond donors (Lipinski definition) is 0. The lowest BCUT2D eigenvalue weighted by atomic mass is 10.0. The average molecular weight is 232 g/mol. The minimum absolute atomic E-state index is 0.636. The number of benzene rings is 1. The van der Waals surface area contributed by atoms with E-state index in [9.17, 15) is 0 Å². The molecule has 0 unspecified atom stereocenters. The fourth-order valence-electron chi connectivity index (χ4n) is 1.58. The maximum absolute atomic E-state index is 2.30. The molecule has 0 spiro atoms. The van der Waals surface area contributed by atoms with Crippen molar-refractivity contribution in [1.82, 2.24) is 0 Å². The van der Waals surface area contributed by atoms with Crippen molar-refractivity contribution >= 4 is 21.4 Å². The zero-order valence-electron chi connectivity index (χ0n) is 10.2. The molecule has 0 aliphatic heterocycles. The number of fused-ring (bicyclic) bond motifs is 1. The Hall–Kier alpha value is -0.820. The van der Waals surface area contributed by atoms with E-state index < -0.39 is 0 Å². The highest BCUT2D eigenvalue weighted by Gasteiger charge is 2.00. The molecule has 0 N–H and O–H groups in total. The third-order valence-corrected chi connectivity index (χ3v) is 4.03. The Labute approximate surface area is 102 Å². The van der Waals surface area contributed by atoms with Gasteiger partial charge in [-0.15, -0.1) is 11.3 Å². The third kappa shape index (κ3) is 2.85. The van der Waals surface area contributed by atoms with Crippen LogP contribution in [0.2, 0.25) is 0 Å². The molecule has 1 aliphatic rings. The minimum atomic E-state index is 0.636. The molecule has 2 aromatic rings. The molecular weight excluding hydrogens is 212 g/mol.